The number of ether oxygens (including phenoxy) is 2. The Kier molecular flexibility index (Phi) is 7.18. The maximum absolute atomic E-state index is 13.3. The van der Waals surface area contributed by atoms with Crippen LogP contribution in [-0.4, -0.2) is 27.7 Å². The summed E-state index contributed by atoms with van der Waals surface area (Å²) in [4.78, 5) is 3.95. The van der Waals surface area contributed by atoms with Gasteiger partial charge >= 0.3 is 12.4 Å². The van der Waals surface area contributed by atoms with Gasteiger partial charge in [-0.05, 0) is 48.6 Å². The number of hydrogen-bond donors (Lipinski definition) is 0. The normalized spacial score (nSPS) is 22.2. The molecule has 0 N–H and O–H groups in total. The van der Waals surface area contributed by atoms with Gasteiger partial charge in [-0.2, -0.15) is 31.4 Å². The molecule has 188 valence electrons. The monoisotopic (exact) mass is 499 g/mol. The number of hydrogen-bond acceptors (Lipinski definition) is 4. The Hall–Kier alpha value is -2.92. The third-order valence-electron chi connectivity index (χ3n) is 6.06. The average Bonchev–Trinajstić information content (AvgIpc) is 3.31. The van der Waals surface area contributed by atoms with Crippen LogP contribution in [0.2, 0.25) is 0 Å². The van der Waals surface area contributed by atoms with Crippen LogP contribution in [-0.2, 0) is 28.4 Å². The Morgan fingerprint density at radius 3 is 2.26 bits per heavy atom. The lowest BCUT2D eigenvalue weighted by atomic mass is 9.81. The molecular weight excluding hydrogens is 476 g/mol. The molecule has 35 heavy (non-hydrogen) atoms. The lowest BCUT2D eigenvalue weighted by molar-refractivity contribution is -0.210. The molecule has 4 unspecified atom stereocenters. The van der Waals surface area contributed by atoms with Gasteiger partial charge in [0.15, 0.2) is 6.29 Å². The number of benzene rings is 2. The zero-order valence-electron chi connectivity index (χ0n) is 18.6. The second-order valence-corrected chi connectivity index (χ2v) is 8.46. The SMILES string of the molecule is CC(OC1OCCC(Cn2cncn2)C1c1ccccc1)c1cc(C(F)(F)F)cc(C(F)(F)F)c1. The summed E-state index contributed by atoms with van der Waals surface area (Å²) in [6.07, 6.45) is -8.21. The number of halogens is 6. The van der Waals surface area contributed by atoms with Crippen LogP contribution in [0.15, 0.2) is 61.2 Å². The van der Waals surface area contributed by atoms with Crippen molar-refractivity contribution in [3.8, 4) is 0 Å². The fraction of sp³-hybridized carbons (Fsp3) is 0.417. The second-order valence-electron chi connectivity index (χ2n) is 8.46. The van der Waals surface area contributed by atoms with Crippen molar-refractivity contribution in [2.24, 2.45) is 5.92 Å². The van der Waals surface area contributed by atoms with Gasteiger partial charge in [0.25, 0.3) is 0 Å². The van der Waals surface area contributed by atoms with Crippen molar-refractivity contribution < 1.29 is 35.8 Å². The lowest BCUT2D eigenvalue weighted by Crippen LogP contribution is -2.39. The zero-order valence-corrected chi connectivity index (χ0v) is 18.6. The van der Waals surface area contributed by atoms with Crippen LogP contribution >= 0.6 is 0 Å². The molecule has 3 aromatic rings. The minimum absolute atomic E-state index is 0.0164. The molecule has 1 aromatic heterocycles. The summed E-state index contributed by atoms with van der Waals surface area (Å²) in [5, 5.41) is 4.15. The highest BCUT2D eigenvalue weighted by Gasteiger charge is 2.40. The summed E-state index contributed by atoms with van der Waals surface area (Å²) < 4.78 is 93.5. The molecule has 4 rings (SSSR count). The van der Waals surface area contributed by atoms with E-state index < -0.39 is 35.9 Å². The van der Waals surface area contributed by atoms with Gasteiger partial charge in [0.1, 0.15) is 12.7 Å². The molecule has 0 saturated carbocycles. The van der Waals surface area contributed by atoms with Gasteiger partial charge < -0.3 is 9.47 Å². The fourth-order valence-corrected chi connectivity index (χ4v) is 4.34. The Labute approximate surface area is 197 Å². The van der Waals surface area contributed by atoms with E-state index in [0.717, 1.165) is 5.56 Å². The molecule has 5 nitrogen and oxygen atoms in total. The predicted octanol–water partition coefficient (Wildman–Crippen LogP) is 6.24. The summed E-state index contributed by atoms with van der Waals surface area (Å²) in [5.41, 5.74) is -2.12. The number of nitrogens with zero attached hydrogens (tertiary/aromatic N) is 3. The molecular formula is C24H23F6N3O2. The smallest absolute Gasteiger partial charge is 0.352 e. The molecule has 0 amide bonds. The molecule has 4 atom stereocenters. The van der Waals surface area contributed by atoms with Crippen LogP contribution in [0.4, 0.5) is 26.3 Å². The summed E-state index contributed by atoms with van der Waals surface area (Å²) in [5.74, 6) is -0.346. The fourth-order valence-electron chi connectivity index (χ4n) is 4.34. The van der Waals surface area contributed by atoms with Crippen molar-refractivity contribution in [3.63, 3.8) is 0 Å². The minimum atomic E-state index is -4.94. The molecule has 11 heteroatoms. The first kappa shape index (κ1) is 25.2. The van der Waals surface area contributed by atoms with Crippen molar-refractivity contribution in [2.45, 2.75) is 50.6 Å². The predicted molar refractivity (Wildman–Crippen MR) is 113 cm³/mol. The Balaban J connectivity index is 1.64. The molecule has 1 aliphatic rings. The highest BCUT2D eigenvalue weighted by Crippen LogP contribution is 2.41. The van der Waals surface area contributed by atoms with Gasteiger partial charge in [-0.25, -0.2) is 4.98 Å². The van der Waals surface area contributed by atoms with Gasteiger partial charge in [-0.15, -0.1) is 0 Å². The molecule has 0 spiro atoms. The third-order valence-corrected chi connectivity index (χ3v) is 6.06. The van der Waals surface area contributed by atoms with E-state index in [1.54, 1.807) is 11.0 Å². The summed E-state index contributed by atoms with van der Waals surface area (Å²) in [6, 6.07) is 10.8. The molecule has 1 aliphatic heterocycles. The van der Waals surface area contributed by atoms with Crippen molar-refractivity contribution in [1.82, 2.24) is 14.8 Å². The average molecular weight is 499 g/mol. The second kappa shape index (κ2) is 9.98. The number of rotatable bonds is 6. The summed E-state index contributed by atoms with van der Waals surface area (Å²) in [7, 11) is 0. The minimum Gasteiger partial charge on any atom is -0.352 e. The highest BCUT2D eigenvalue weighted by molar-refractivity contribution is 5.34. The molecule has 0 radical (unpaired) electrons. The van der Waals surface area contributed by atoms with E-state index in [0.29, 0.717) is 31.7 Å². The van der Waals surface area contributed by atoms with Crippen LogP contribution in [0.5, 0.6) is 0 Å². The molecule has 1 fully saturated rings. The van der Waals surface area contributed by atoms with Crippen molar-refractivity contribution in [2.75, 3.05) is 6.61 Å². The Bertz CT molecular complexity index is 1070. The van der Waals surface area contributed by atoms with Gasteiger partial charge in [0, 0.05) is 12.5 Å². The Morgan fingerprint density at radius 2 is 1.69 bits per heavy atom. The quantitative estimate of drug-likeness (QED) is 0.377. The van der Waals surface area contributed by atoms with E-state index in [2.05, 4.69) is 10.1 Å². The molecule has 1 saturated heterocycles. The van der Waals surface area contributed by atoms with Crippen LogP contribution in [0.1, 0.15) is 47.6 Å². The lowest BCUT2D eigenvalue weighted by Gasteiger charge is -2.39. The third kappa shape index (κ3) is 6.02. The first-order valence-electron chi connectivity index (χ1n) is 11.0. The maximum Gasteiger partial charge on any atom is 0.416 e. The Morgan fingerprint density at radius 1 is 1.03 bits per heavy atom. The van der Waals surface area contributed by atoms with E-state index in [4.69, 9.17) is 9.47 Å². The molecule has 0 bridgehead atoms. The van der Waals surface area contributed by atoms with E-state index in [-0.39, 0.29) is 23.5 Å². The van der Waals surface area contributed by atoms with Crippen molar-refractivity contribution in [1.29, 1.82) is 0 Å². The number of alkyl halides is 6. The van der Waals surface area contributed by atoms with E-state index in [9.17, 15) is 26.3 Å². The number of aromatic nitrogens is 3. The largest absolute Gasteiger partial charge is 0.416 e. The highest BCUT2D eigenvalue weighted by atomic mass is 19.4. The standard InChI is InChI=1S/C24H23F6N3O2/c1-15(18-9-19(23(25,26)27)11-20(10-18)24(28,29)30)35-22-21(16-5-3-2-4-6-16)17(7-8-34-22)12-33-14-31-13-32-33/h2-6,9-11,13-15,17,21-22H,7-8,12H2,1H3. The van der Waals surface area contributed by atoms with Crippen LogP contribution < -0.4 is 0 Å². The van der Waals surface area contributed by atoms with Gasteiger partial charge in [-0.1, -0.05) is 30.3 Å². The molecule has 2 heterocycles. The molecule has 2 aromatic carbocycles. The van der Waals surface area contributed by atoms with Crippen LogP contribution in [0.25, 0.3) is 0 Å². The summed E-state index contributed by atoms with van der Waals surface area (Å²) >= 11 is 0. The maximum atomic E-state index is 13.3. The van der Waals surface area contributed by atoms with Crippen LogP contribution in [0.3, 0.4) is 0 Å². The first-order valence-corrected chi connectivity index (χ1v) is 11.0. The zero-order chi connectivity index (χ0) is 25.2. The van der Waals surface area contributed by atoms with E-state index >= 15 is 0 Å². The van der Waals surface area contributed by atoms with Crippen molar-refractivity contribution >= 4 is 0 Å². The van der Waals surface area contributed by atoms with Gasteiger partial charge in [0.05, 0.1) is 23.8 Å². The van der Waals surface area contributed by atoms with E-state index in [1.165, 1.54) is 13.3 Å². The topological polar surface area (TPSA) is 49.2 Å². The summed E-state index contributed by atoms with van der Waals surface area (Å²) in [6.45, 7) is 2.23. The van der Waals surface area contributed by atoms with Crippen LogP contribution in [0, 0.1) is 5.92 Å². The molecule has 0 aliphatic carbocycles. The first-order chi connectivity index (χ1) is 16.5. The van der Waals surface area contributed by atoms with E-state index in [1.807, 2.05) is 30.3 Å². The van der Waals surface area contributed by atoms with Gasteiger partial charge in [0.2, 0.25) is 0 Å². The van der Waals surface area contributed by atoms with Gasteiger partial charge in [-0.3, -0.25) is 4.68 Å². The van der Waals surface area contributed by atoms with Crippen molar-refractivity contribution in [3.05, 3.63) is 83.4 Å².